The number of carboxylic acids is 1. The van der Waals surface area contributed by atoms with Gasteiger partial charge in [0.05, 0.1) is 6.61 Å². The minimum Gasteiger partial charge on any atom is -0.478 e. The summed E-state index contributed by atoms with van der Waals surface area (Å²) in [4.78, 5) is 22.0. The van der Waals surface area contributed by atoms with Crippen LogP contribution in [0.4, 0.5) is 4.79 Å². The SMILES string of the molecule is CCOC(=O)NS(=O)(=O)NCc1cc(/C=C/C(=O)O)cs1. The topological polar surface area (TPSA) is 122 Å². The Morgan fingerprint density at radius 2 is 2.19 bits per heavy atom. The van der Waals surface area contributed by atoms with Crippen LogP contribution in [0.3, 0.4) is 0 Å². The number of ether oxygens (including phenoxy) is 1. The molecule has 8 nitrogen and oxygen atoms in total. The number of carbonyl (C=O) groups excluding carboxylic acids is 1. The van der Waals surface area contributed by atoms with Crippen molar-refractivity contribution >= 4 is 39.7 Å². The van der Waals surface area contributed by atoms with Crippen LogP contribution in [0.25, 0.3) is 6.08 Å². The summed E-state index contributed by atoms with van der Waals surface area (Å²) in [6.07, 6.45) is 1.33. The Labute approximate surface area is 125 Å². The molecule has 116 valence electrons. The molecule has 0 unspecified atom stereocenters. The highest BCUT2D eigenvalue weighted by atomic mass is 32.2. The van der Waals surface area contributed by atoms with Crippen LogP contribution in [0.15, 0.2) is 17.5 Å². The van der Waals surface area contributed by atoms with E-state index in [4.69, 9.17) is 5.11 Å². The van der Waals surface area contributed by atoms with Crippen molar-refractivity contribution in [3.63, 3.8) is 0 Å². The molecular weight excluding hydrogens is 320 g/mol. The van der Waals surface area contributed by atoms with E-state index in [2.05, 4.69) is 9.46 Å². The summed E-state index contributed by atoms with van der Waals surface area (Å²) in [7, 11) is -4.00. The van der Waals surface area contributed by atoms with E-state index >= 15 is 0 Å². The molecule has 0 spiro atoms. The molecule has 1 amide bonds. The van der Waals surface area contributed by atoms with Gasteiger partial charge in [-0.2, -0.15) is 13.1 Å². The highest BCUT2D eigenvalue weighted by Crippen LogP contribution is 2.16. The minimum atomic E-state index is -4.00. The van der Waals surface area contributed by atoms with Gasteiger partial charge in [0.2, 0.25) is 0 Å². The molecule has 0 aliphatic heterocycles. The Kier molecular flexibility index (Phi) is 6.34. The number of thiophene rings is 1. The lowest BCUT2D eigenvalue weighted by Gasteiger charge is -2.06. The average molecular weight is 334 g/mol. The number of carbonyl (C=O) groups is 2. The lowest BCUT2D eigenvalue weighted by atomic mass is 10.3. The molecule has 1 aromatic rings. The maximum atomic E-state index is 11.5. The molecule has 0 radical (unpaired) electrons. The van der Waals surface area contributed by atoms with Crippen LogP contribution in [0.2, 0.25) is 0 Å². The van der Waals surface area contributed by atoms with Crippen molar-refractivity contribution in [2.24, 2.45) is 0 Å². The van der Waals surface area contributed by atoms with E-state index in [1.54, 1.807) is 23.1 Å². The van der Waals surface area contributed by atoms with Crippen molar-refractivity contribution in [3.05, 3.63) is 28.0 Å². The van der Waals surface area contributed by atoms with Crippen LogP contribution < -0.4 is 9.44 Å². The molecule has 1 heterocycles. The molecule has 10 heteroatoms. The van der Waals surface area contributed by atoms with E-state index in [0.717, 1.165) is 6.08 Å². The maximum absolute atomic E-state index is 11.5. The summed E-state index contributed by atoms with van der Waals surface area (Å²) in [5, 5.41) is 10.2. The maximum Gasteiger partial charge on any atom is 0.421 e. The molecule has 0 aromatic carbocycles. The first kappa shape index (κ1) is 17.1. The second-order valence-electron chi connectivity index (χ2n) is 3.67. The summed E-state index contributed by atoms with van der Waals surface area (Å²) in [5.74, 6) is -1.07. The predicted octanol–water partition coefficient (Wildman–Crippen LogP) is 0.926. The molecule has 1 aromatic heterocycles. The van der Waals surface area contributed by atoms with Gasteiger partial charge in [0.1, 0.15) is 0 Å². The standard InChI is InChI=1S/C11H14N2O6S2/c1-2-19-11(16)13-21(17,18)12-6-9-5-8(7-20-9)3-4-10(14)15/h3-5,7,12H,2,6H2,1H3,(H,13,16)(H,14,15)/b4-3+. The number of hydrogen-bond donors (Lipinski definition) is 3. The van der Waals surface area contributed by atoms with Gasteiger partial charge in [-0.3, -0.25) is 0 Å². The zero-order valence-electron chi connectivity index (χ0n) is 11.0. The van der Waals surface area contributed by atoms with Gasteiger partial charge in [0.25, 0.3) is 0 Å². The van der Waals surface area contributed by atoms with Crippen molar-refractivity contribution in [1.82, 2.24) is 9.44 Å². The summed E-state index contributed by atoms with van der Waals surface area (Å²) in [5.41, 5.74) is 0.648. The van der Waals surface area contributed by atoms with Gasteiger partial charge in [-0.05, 0) is 30.0 Å². The summed E-state index contributed by atoms with van der Waals surface area (Å²) in [6, 6.07) is 1.64. The molecule has 0 aliphatic rings. The van der Waals surface area contributed by atoms with Gasteiger partial charge in [0.15, 0.2) is 0 Å². The Bertz CT molecular complexity index is 635. The quantitative estimate of drug-likeness (QED) is 0.638. The van der Waals surface area contributed by atoms with Crippen molar-refractivity contribution in [2.45, 2.75) is 13.5 Å². The molecule has 0 aliphatic carbocycles. The Morgan fingerprint density at radius 1 is 1.48 bits per heavy atom. The molecule has 0 saturated heterocycles. The van der Waals surface area contributed by atoms with Crippen LogP contribution in [0.1, 0.15) is 17.4 Å². The van der Waals surface area contributed by atoms with Gasteiger partial charge in [0, 0.05) is 17.5 Å². The normalized spacial score (nSPS) is 11.5. The Morgan fingerprint density at radius 3 is 2.81 bits per heavy atom. The van der Waals surface area contributed by atoms with E-state index in [9.17, 15) is 18.0 Å². The lowest BCUT2D eigenvalue weighted by Crippen LogP contribution is -2.40. The first-order valence-corrected chi connectivity index (χ1v) is 8.11. The first-order valence-electron chi connectivity index (χ1n) is 5.75. The zero-order valence-corrected chi connectivity index (χ0v) is 12.7. The van der Waals surface area contributed by atoms with E-state index in [0.29, 0.717) is 10.4 Å². The first-order chi connectivity index (χ1) is 9.82. The third kappa shape index (κ3) is 6.88. The molecular formula is C11H14N2O6S2. The largest absolute Gasteiger partial charge is 0.478 e. The molecule has 0 fully saturated rings. The summed E-state index contributed by atoms with van der Waals surface area (Å²) >= 11 is 1.26. The molecule has 21 heavy (non-hydrogen) atoms. The van der Waals surface area contributed by atoms with Crippen molar-refractivity contribution in [3.8, 4) is 0 Å². The van der Waals surface area contributed by atoms with E-state index in [-0.39, 0.29) is 13.2 Å². The molecule has 0 atom stereocenters. The molecule has 0 saturated carbocycles. The monoisotopic (exact) mass is 334 g/mol. The zero-order chi connectivity index (χ0) is 15.9. The minimum absolute atomic E-state index is 0.0275. The van der Waals surface area contributed by atoms with Gasteiger partial charge in [-0.25, -0.2) is 14.3 Å². The number of amides is 1. The fraction of sp³-hybridized carbons (Fsp3) is 0.273. The number of rotatable bonds is 7. The van der Waals surface area contributed by atoms with Crippen molar-refractivity contribution in [2.75, 3.05) is 6.61 Å². The lowest BCUT2D eigenvalue weighted by molar-refractivity contribution is -0.131. The van der Waals surface area contributed by atoms with Crippen LogP contribution in [0.5, 0.6) is 0 Å². The van der Waals surface area contributed by atoms with Gasteiger partial charge in [-0.1, -0.05) is 0 Å². The van der Waals surface area contributed by atoms with E-state index in [1.807, 2.05) is 0 Å². The van der Waals surface area contributed by atoms with Crippen LogP contribution in [-0.4, -0.2) is 32.2 Å². The number of aliphatic carboxylic acids is 1. The third-order valence-electron chi connectivity index (χ3n) is 2.02. The predicted molar refractivity (Wildman–Crippen MR) is 76.9 cm³/mol. The Balaban J connectivity index is 2.55. The van der Waals surface area contributed by atoms with Crippen molar-refractivity contribution in [1.29, 1.82) is 0 Å². The second-order valence-corrected chi connectivity index (χ2v) is 6.16. The summed E-state index contributed by atoms with van der Waals surface area (Å²) < 4.78 is 31.3. The highest BCUT2D eigenvalue weighted by Gasteiger charge is 2.14. The smallest absolute Gasteiger partial charge is 0.421 e. The van der Waals surface area contributed by atoms with Gasteiger partial charge in [-0.15, -0.1) is 11.3 Å². The highest BCUT2D eigenvalue weighted by molar-refractivity contribution is 7.88. The molecule has 0 bridgehead atoms. The van der Waals surface area contributed by atoms with Crippen molar-refractivity contribution < 1.29 is 27.9 Å². The Hall–Kier alpha value is -1.91. The van der Waals surface area contributed by atoms with E-state index < -0.39 is 22.3 Å². The molecule has 1 rings (SSSR count). The van der Waals surface area contributed by atoms with E-state index in [1.165, 1.54) is 17.4 Å². The summed E-state index contributed by atoms with van der Waals surface area (Å²) in [6.45, 7) is 1.59. The average Bonchev–Trinajstić information content (AvgIpc) is 2.81. The number of nitrogens with one attached hydrogen (secondary N) is 2. The third-order valence-corrected chi connectivity index (χ3v) is 3.94. The molecule has 3 N–H and O–H groups in total. The van der Waals surface area contributed by atoms with Gasteiger partial charge < -0.3 is 9.84 Å². The number of hydrogen-bond acceptors (Lipinski definition) is 6. The number of carboxylic acid groups (broad SMARTS) is 1. The fourth-order valence-corrected chi connectivity index (χ4v) is 2.80. The van der Waals surface area contributed by atoms with Gasteiger partial charge >= 0.3 is 22.3 Å². The second kappa shape index (κ2) is 7.76. The van der Waals surface area contributed by atoms with Crippen LogP contribution >= 0.6 is 11.3 Å². The fourth-order valence-electron chi connectivity index (χ4n) is 1.22. The van der Waals surface area contributed by atoms with Crippen LogP contribution in [0, 0.1) is 0 Å². The van der Waals surface area contributed by atoms with Crippen LogP contribution in [-0.2, 0) is 26.3 Å².